The van der Waals surface area contributed by atoms with Gasteiger partial charge >= 0.3 is 0 Å². The van der Waals surface area contributed by atoms with Crippen LogP contribution in [0.4, 0.5) is 14.5 Å². The molecule has 36 heavy (non-hydrogen) atoms. The van der Waals surface area contributed by atoms with Crippen LogP contribution in [0.3, 0.4) is 0 Å². The molecule has 0 saturated carbocycles. The second kappa shape index (κ2) is 11.5. The van der Waals surface area contributed by atoms with Gasteiger partial charge in [0, 0.05) is 11.4 Å². The summed E-state index contributed by atoms with van der Waals surface area (Å²) in [7, 11) is 1.48. The van der Waals surface area contributed by atoms with Crippen LogP contribution in [0, 0.1) is 11.6 Å². The fraction of sp³-hybridized carbons (Fsp3) is 0.120. The number of amides is 2. The first-order chi connectivity index (χ1) is 17.4. The maximum Gasteiger partial charge on any atom is 0.255 e. The van der Waals surface area contributed by atoms with Crippen LogP contribution in [-0.2, 0) is 11.3 Å². The Balaban J connectivity index is 1.51. The van der Waals surface area contributed by atoms with Crippen LogP contribution < -0.4 is 15.4 Å². The number of para-hydroxylation sites is 1. The van der Waals surface area contributed by atoms with Gasteiger partial charge in [-0.05, 0) is 60.7 Å². The first kappa shape index (κ1) is 24.9. The van der Waals surface area contributed by atoms with Crippen LogP contribution in [0.25, 0.3) is 5.69 Å². The predicted molar refractivity (Wildman–Crippen MR) is 131 cm³/mol. The number of nitrogens with one attached hydrogen (secondary N) is 2. The number of ether oxygens (including phenoxy) is 1. The van der Waals surface area contributed by atoms with E-state index in [1.807, 2.05) is 0 Å². The summed E-state index contributed by atoms with van der Waals surface area (Å²) in [6, 6.07) is 17.9. The standard InChI is InChI=1S/C25H21F2N5O3S/c1-35-21-5-3-2-4-20(21)24(34)28-14-22-30-31-25(32(22)19-12-8-17(27)9-13-19)36-15-23(33)29-18-10-6-16(26)7-11-18/h2-13H,14-15H2,1H3,(H,28,34)(H,29,33). The fourth-order valence-corrected chi connectivity index (χ4v) is 4.08. The molecule has 11 heteroatoms. The number of carbonyl (C=O) groups is 2. The van der Waals surface area contributed by atoms with Gasteiger partial charge in [-0.15, -0.1) is 10.2 Å². The van der Waals surface area contributed by atoms with Gasteiger partial charge in [0.05, 0.1) is 25.0 Å². The molecule has 0 unspecified atom stereocenters. The Labute approximate surface area is 209 Å². The largest absolute Gasteiger partial charge is 0.496 e. The number of rotatable bonds is 9. The van der Waals surface area contributed by atoms with E-state index in [0.29, 0.717) is 33.7 Å². The lowest BCUT2D eigenvalue weighted by atomic mass is 10.2. The van der Waals surface area contributed by atoms with Crippen molar-refractivity contribution in [3.8, 4) is 11.4 Å². The molecule has 0 saturated heterocycles. The molecule has 0 spiro atoms. The zero-order chi connectivity index (χ0) is 25.5. The van der Waals surface area contributed by atoms with E-state index in [2.05, 4.69) is 20.8 Å². The fourth-order valence-electron chi connectivity index (χ4n) is 3.30. The molecular formula is C25H21F2N5O3S. The maximum atomic E-state index is 13.5. The summed E-state index contributed by atoms with van der Waals surface area (Å²) in [4.78, 5) is 25.1. The van der Waals surface area contributed by atoms with Gasteiger partial charge in [-0.25, -0.2) is 8.78 Å². The second-order valence-electron chi connectivity index (χ2n) is 7.44. The van der Waals surface area contributed by atoms with Crippen LogP contribution in [0.2, 0.25) is 0 Å². The van der Waals surface area contributed by atoms with E-state index < -0.39 is 11.6 Å². The summed E-state index contributed by atoms with van der Waals surface area (Å²) in [5.41, 5.74) is 1.38. The van der Waals surface area contributed by atoms with Crippen molar-refractivity contribution in [1.29, 1.82) is 0 Å². The Morgan fingerprint density at radius 3 is 2.31 bits per heavy atom. The second-order valence-corrected chi connectivity index (χ2v) is 8.38. The molecular weight excluding hydrogens is 488 g/mol. The molecule has 0 radical (unpaired) electrons. The van der Waals surface area contributed by atoms with Crippen LogP contribution in [0.15, 0.2) is 78.0 Å². The van der Waals surface area contributed by atoms with E-state index in [4.69, 9.17) is 4.74 Å². The lowest BCUT2D eigenvalue weighted by Gasteiger charge is -2.12. The highest BCUT2D eigenvalue weighted by atomic mass is 32.2. The van der Waals surface area contributed by atoms with Crippen molar-refractivity contribution in [1.82, 2.24) is 20.1 Å². The minimum absolute atomic E-state index is 0.00965. The van der Waals surface area contributed by atoms with E-state index in [0.717, 1.165) is 11.8 Å². The van der Waals surface area contributed by atoms with Crippen molar-refractivity contribution < 1.29 is 23.1 Å². The van der Waals surface area contributed by atoms with Crippen LogP contribution >= 0.6 is 11.8 Å². The molecule has 2 amide bonds. The number of nitrogens with zero attached hydrogens (tertiary/aromatic N) is 3. The first-order valence-corrected chi connectivity index (χ1v) is 11.7. The van der Waals surface area contributed by atoms with Crippen LogP contribution in [-0.4, -0.2) is 39.4 Å². The van der Waals surface area contributed by atoms with E-state index in [9.17, 15) is 18.4 Å². The molecule has 8 nitrogen and oxygen atoms in total. The average molecular weight is 510 g/mol. The van der Waals surface area contributed by atoms with Gasteiger partial charge in [0.25, 0.3) is 5.91 Å². The highest BCUT2D eigenvalue weighted by molar-refractivity contribution is 7.99. The Morgan fingerprint density at radius 1 is 0.944 bits per heavy atom. The SMILES string of the molecule is COc1ccccc1C(=O)NCc1nnc(SCC(=O)Nc2ccc(F)cc2)n1-c1ccc(F)cc1. The monoisotopic (exact) mass is 509 g/mol. The molecule has 3 aromatic carbocycles. The molecule has 0 aliphatic heterocycles. The normalized spacial score (nSPS) is 10.6. The number of hydrogen-bond donors (Lipinski definition) is 2. The van der Waals surface area contributed by atoms with E-state index in [-0.39, 0.29) is 24.1 Å². The molecule has 0 fully saturated rings. The smallest absolute Gasteiger partial charge is 0.255 e. The Bertz CT molecular complexity index is 1360. The molecule has 1 aromatic heterocycles. The van der Waals surface area contributed by atoms with Gasteiger partial charge in [0.1, 0.15) is 17.4 Å². The molecule has 1 heterocycles. The Hall–Kier alpha value is -4.25. The molecule has 2 N–H and O–H groups in total. The summed E-state index contributed by atoms with van der Waals surface area (Å²) in [6.45, 7) is 0.0175. The Kier molecular flexibility index (Phi) is 7.91. The number of anilines is 1. The number of thioether (sulfide) groups is 1. The van der Waals surface area contributed by atoms with Crippen molar-refractivity contribution in [3.05, 3.63) is 95.8 Å². The molecule has 4 rings (SSSR count). The lowest BCUT2D eigenvalue weighted by molar-refractivity contribution is -0.113. The van der Waals surface area contributed by atoms with Crippen molar-refractivity contribution >= 4 is 29.3 Å². The third-order valence-corrected chi connectivity index (χ3v) is 5.93. The van der Waals surface area contributed by atoms with Gasteiger partial charge < -0.3 is 15.4 Å². The highest BCUT2D eigenvalue weighted by Gasteiger charge is 2.18. The zero-order valence-electron chi connectivity index (χ0n) is 19.1. The average Bonchev–Trinajstić information content (AvgIpc) is 3.30. The van der Waals surface area contributed by atoms with Crippen molar-refractivity contribution in [2.75, 3.05) is 18.2 Å². The van der Waals surface area contributed by atoms with Crippen LogP contribution in [0.5, 0.6) is 5.75 Å². The minimum Gasteiger partial charge on any atom is -0.496 e. The van der Waals surface area contributed by atoms with Crippen molar-refractivity contribution in [2.45, 2.75) is 11.7 Å². The van der Waals surface area contributed by atoms with E-state index in [1.54, 1.807) is 41.0 Å². The number of methoxy groups -OCH3 is 1. The number of aromatic nitrogens is 3. The zero-order valence-corrected chi connectivity index (χ0v) is 19.9. The van der Waals surface area contributed by atoms with Crippen LogP contribution in [0.1, 0.15) is 16.2 Å². The summed E-state index contributed by atoms with van der Waals surface area (Å²) in [5.74, 6) is -0.708. The summed E-state index contributed by atoms with van der Waals surface area (Å²) in [5, 5.41) is 14.2. The molecule has 0 aliphatic carbocycles. The summed E-state index contributed by atoms with van der Waals surface area (Å²) < 4.78 is 33.5. The van der Waals surface area contributed by atoms with E-state index >= 15 is 0 Å². The quantitative estimate of drug-likeness (QED) is 0.328. The van der Waals surface area contributed by atoms with Gasteiger partial charge in [-0.1, -0.05) is 23.9 Å². The molecule has 0 bridgehead atoms. The topological polar surface area (TPSA) is 98.1 Å². The van der Waals surface area contributed by atoms with Gasteiger partial charge in [0.15, 0.2) is 11.0 Å². The first-order valence-electron chi connectivity index (χ1n) is 10.7. The highest BCUT2D eigenvalue weighted by Crippen LogP contribution is 2.23. The van der Waals surface area contributed by atoms with Crippen molar-refractivity contribution in [3.63, 3.8) is 0 Å². The van der Waals surface area contributed by atoms with Gasteiger partial charge in [-0.3, -0.25) is 14.2 Å². The van der Waals surface area contributed by atoms with E-state index in [1.165, 1.54) is 43.5 Å². The Morgan fingerprint density at radius 2 is 1.61 bits per heavy atom. The van der Waals surface area contributed by atoms with Gasteiger partial charge in [-0.2, -0.15) is 0 Å². The summed E-state index contributed by atoms with van der Waals surface area (Å²) >= 11 is 1.11. The number of hydrogen-bond acceptors (Lipinski definition) is 6. The third-order valence-electron chi connectivity index (χ3n) is 5.00. The molecule has 0 aliphatic rings. The lowest BCUT2D eigenvalue weighted by Crippen LogP contribution is -2.25. The van der Waals surface area contributed by atoms with Crippen molar-refractivity contribution in [2.24, 2.45) is 0 Å². The number of benzene rings is 3. The predicted octanol–water partition coefficient (Wildman–Crippen LogP) is 4.21. The number of halogens is 2. The summed E-state index contributed by atoms with van der Waals surface area (Å²) in [6.07, 6.45) is 0. The minimum atomic E-state index is -0.411. The number of carbonyl (C=O) groups excluding carboxylic acids is 2. The molecule has 184 valence electrons. The van der Waals surface area contributed by atoms with Gasteiger partial charge in [0.2, 0.25) is 5.91 Å². The maximum absolute atomic E-state index is 13.5. The third kappa shape index (κ3) is 6.05. The molecule has 0 atom stereocenters. The molecule has 4 aromatic rings.